The Balaban J connectivity index is 1.80. The van der Waals surface area contributed by atoms with Crippen LogP contribution in [0.2, 0.25) is 0 Å². The lowest BCUT2D eigenvalue weighted by Gasteiger charge is -2.25. The first-order chi connectivity index (χ1) is 8.79. The molecule has 0 radical (unpaired) electrons. The number of benzene rings is 1. The number of nitrogens with one attached hydrogen (secondary N) is 1. The van der Waals surface area contributed by atoms with Crippen LogP contribution in [0, 0.1) is 0 Å². The van der Waals surface area contributed by atoms with Gasteiger partial charge in [-0.1, -0.05) is 24.3 Å². The normalized spacial score (nSPS) is 18.2. The molecule has 0 saturated carbocycles. The minimum atomic E-state index is 0.118. The Labute approximate surface area is 108 Å². The summed E-state index contributed by atoms with van der Waals surface area (Å²) in [5.74, 6) is 0.118. The van der Waals surface area contributed by atoms with Crippen molar-refractivity contribution in [1.82, 2.24) is 5.32 Å². The highest BCUT2D eigenvalue weighted by Gasteiger charge is 2.19. The molecule has 0 aromatic heterocycles. The zero-order chi connectivity index (χ0) is 12.8. The highest BCUT2D eigenvalue weighted by molar-refractivity contribution is 5.76. The van der Waals surface area contributed by atoms with Crippen molar-refractivity contribution < 1.29 is 9.90 Å². The summed E-state index contributed by atoms with van der Waals surface area (Å²) in [6.45, 7) is 0.171. The number of hydrogen-bond acceptors (Lipinski definition) is 2. The maximum absolute atomic E-state index is 11.7. The Kier molecular flexibility index (Phi) is 4.76. The van der Waals surface area contributed by atoms with E-state index in [4.69, 9.17) is 5.11 Å². The molecular formula is C15H21NO2. The van der Waals surface area contributed by atoms with Crippen LogP contribution < -0.4 is 5.32 Å². The number of hydrogen-bond donors (Lipinski definition) is 2. The second kappa shape index (κ2) is 6.55. The average Bonchev–Trinajstić information content (AvgIpc) is 2.39. The van der Waals surface area contributed by atoms with E-state index in [1.54, 1.807) is 0 Å². The minimum Gasteiger partial charge on any atom is -0.396 e. The number of unbranched alkanes of at least 4 members (excludes halogenated alkanes) is 1. The van der Waals surface area contributed by atoms with Gasteiger partial charge in [-0.3, -0.25) is 4.79 Å². The molecule has 1 aliphatic carbocycles. The van der Waals surface area contributed by atoms with Crippen molar-refractivity contribution in [2.24, 2.45) is 0 Å². The molecule has 1 unspecified atom stereocenters. The number of aryl methyl sites for hydroxylation is 1. The minimum absolute atomic E-state index is 0.118. The van der Waals surface area contributed by atoms with Crippen LogP contribution >= 0.6 is 0 Å². The van der Waals surface area contributed by atoms with Gasteiger partial charge in [-0.25, -0.2) is 0 Å². The molecular weight excluding hydrogens is 226 g/mol. The van der Waals surface area contributed by atoms with Crippen LogP contribution in [0.15, 0.2) is 24.3 Å². The smallest absolute Gasteiger partial charge is 0.220 e. The molecule has 3 nitrogen and oxygen atoms in total. The van der Waals surface area contributed by atoms with Gasteiger partial charge in [-0.15, -0.1) is 0 Å². The highest BCUT2D eigenvalue weighted by atomic mass is 16.2. The van der Waals surface area contributed by atoms with Crippen LogP contribution in [0.5, 0.6) is 0 Å². The molecule has 3 heteroatoms. The van der Waals surface area contributed by atoms with Crippen LogP contribution in [0.4, 0.5) is 0 Å². The molecule has 1 aromatic carbocycles. The van der Waals surface area contributed by atoms with E-state index in [1.807, 2.05) is 0 Å². The number of fused-ring (bicyclic) bond motifs is 1. The molecule has 2 rings (SSSR count). The van der Waals surface area contributed by atoms with Crippen molar-refractivity contribution in [3.63, 3.8) is 0 Å². The van der Waals surface area contributed by atoms with Gasteiger partial charge in [0, 0.05) is 19.1 Å². The topological polar surface area (TPSA) is 49.3 Å². The molecule has 0 heterocycles. The fraction of sp³-hybridized carbons (Fsp3) is 0.533. The zero-order valence-corrected chi connectivity index (χ0v) is 10.7. The monoisotopic (exact) mass is 247 g/mol. The van der Waals surface area contributed by atoms with Gasteiger partial charge in [0.2, 0.25) is 5.91 Å². The molecule has 1 atom stereocenters. The van der Waals surface area contributed by atoms with Crippen LogP contribution in [0.3, 0.4) is 0 Å². The van der Waals surface area contributed by atoms with Gasteiger partial charge in [0.15, 0.2) is 0 Å². The van der Waals surface area contributed by atoms with E-state index in [9.17, 15) is 4.79 Å². The van der Waals surface area contributed by atoms with Gasteiger partial charge in [-0.05, 0) is 43.2 Å². The first-order valence-corrected chi connectivity index (χ1v) is 6.76. The maximum Gasteiger partial charge on any atom is 0.220 e. The van der Waals surface area contributed by atoms with Gasteiger partial charge in [0.05, 0.1) is 0 Å². The van der Waals surface area contributed by atoms with Crippen molar-refractivity contribution in [3.8, 4) is 0 Å². The summed E-state index contributed by atoms with van der Waals surface area (Å²) < 4.78 is 0. The van der Waals surface area contributed by atoms with Crippen molar-refractivity contribution in [2.75, 3.05) is 6.61 Å². The lowest BCUT2D eigenvalue weighted by molar-refractivity contribution is -0.122. The fourth-order valence-corrected chi connectivity index (χ4v) is 2.52. The van der Waals surface area contributed by atoms with E-state index in [0.717, 1.165) is 25.7 Å². The Morgan fingerprint density at radius 2 is 2.06 bits per heavy atom. The highest BCUT2D eigenvalue weighted by Crippen LogP contribution is 2.21. The number of rotatable bonds is 5. The first kappa shape index (κ1) is 13.1. The molecule has 0 aliphatic heterocycles. The van der Waals surface area contributed by atoms with Gasteiger partial charge in [0.1, 0.15) is 0 Å². The molecule has 1 amide bonds. The zero-order valence-electron chi connectivity index (χ0n) is 10.7. The standard InChI is InChI=1S/C15H21NO2/c17-10-4-3-7-15(18)16-14-9-8-12-5-1-2-6-13(12)11-14/h1-2,5-6,14,17H,3-4,7-11H2,(H,16,18). The molecule has 1 aliphatic rings. The predicted molar refractivity (Wildman–Crippen MR) is 71.3 cm³/mol. The van der Waals surface area contributed by atoms with Crippen LogP contribution in [-0.4, -0.2) is 23.7 Å². The van der Waals surface area contributed by atoms with E-state index in [0.29, 0.717) is 12.8 Å². The molecule has 18 heavy (non-hydrogen) atoms. The molecule has 98 valence electrons. The third kappa shape index (κ3) is 3.57. The van der Waals surface area contributed by atoms with Crippen LogP contribution in [0.25, 0.3) is 0 Å². The summed E-state index contributed by atoms with van der Waals surface area (Å²) in [5.41, 5.74) is 2.78. The van der Waals surface area contributed by atoms with Gasteiger partial charge in [-0.2, -0.15) is 0 Å². The largest absolute Gasteiger partial charge is 0.396 e. The van der Waals surface area contributed by atoms with E-state index in [1.165, 1.54) is 11.1 Å². The Morgan fingerprint density at radius 3 is 2.83 bits per heavy atom. The molecule has 0 spiro atoms. The predicted octanol–water partition coefficient (Wildman–Crippen LogP) is 1.82. The summed E-state index contributed by atoms with van der Waals surface area (Å²) in [4.78, 5) is 11.7. The Morgan fingerprint density at radius 1 is 1.28 bits per heavy atom. The third-order valence-corrected chi connectivity index (χ3v) is 3.52. The second-order valence-electron chi connectivity index (χ2n) is 4.96. The fourth-order valence-electron chi connectivity index (χ4n) is 2.52. The van der Waals surface area contributed by atoms with Gasteiger partial charge >= 0.3 is 0 Å². The molecule has 2 N–H and O–H groups in total. The lowest BCUT2D eigenvalue weighted by Crippen LogP contribution is -2.38. The number of amides is 1. The summed E-state index contributed by atoms with van der Waals surface area (Å²) in [6, 6.07) is 8.74. The van der Waals surface area contributed by atoms with Crippen molar-refractivity contribution in [1.29, 1.82) is 0 Å². The van der Waals surface area contributed by atoms with E-state index < -0.39 is 0 Å². The Bertz CT molecular complexity index is 403. The second-order valence-corrected chi connectivity index (χ2v) is 4.96. The van der Waals surface area contributed by atoms with Gasteiger partial charge < -0.3 is 10.4 Å². The molecule has 0 fully saturated rings. The molecule has 0 bridgehead atoms. The summed E-state index contributed by atoms with van der Waals surface area (Å²) in [5, 5.41) is 11.8. The molecule has 0 saturated heterocycles. The summed E-state index contributed by atoms with van der Waals surface area (Å²) in [7, 11) is 0. The van der Waals surface area contributed by atoms with E-state index in [-0.39, 0.29) is 18.6 Å². The average molecular weight is 247 g/mol. The number of aliphatic hydroxyl groups is 1. The SMILES string of the molecule is O=C(CCCCO)NC1CCc2ccccc2C1. The van der Waals surface area contributed by atoms with Crippen molar-refractivity contribution >= 4 is 5.91 Å². The number of carbonyl (C=O) groups excluding carboxylic acids is 1. The van der Waals surface area contributed by atoms with Crippen molar-refractivity contribution in [3.05, 3.63) is 35.4 Å². The number of carbonyl (C=O) groups is 1. The lowest BCUT2D eigenvalue weighted by atomic mass is 9.88. The summed E-state index contributed by atoms with van der Waals surface area (Å²) in [6.07, 6.45) is 5.04. The third-order valence-electron chi connectivity index (χ3n) is 3.52. The first-order valence-electron chi connectivity index (χ1n) is 6.76. The van der Waals surface area contributed by atoms with Crippen LogP contribution in [-0.2, 0) is 17.6 Å². The summed E-state index contributed by atoms with van der Waals surface area (Å²) >= 11 is 0. The number of aliphatic hydroxyl groups excluding tert-OH is 1. The van der Waals surface area contributed by atoms with E-state index >= 15 is 0 Å². The van der Waals surface area contributed by atoms with Crippen molar-refractivity contribution in [2.45, 2.75) is 44.6 Å². The molecule has 1 aromatic rings. The Hall–Kier alpha value is -1.35. The van der Waals surface area contributed by atoms with Crippen LogP contribution in [0.1, 0.15) is 36.8 Å². The quantitative estimate of drug-likeness (QED) is 0.780. The van der Waals surface area contributed by atoms with Gasteiger partial charge in [0.25, 0.3) is 0 Å². The maximum atomic E-state index is 11.7. The van der Waals surface area contributed by atoms with E-state index in [2.05, 4.69) is 29.6 Å².